The van der Waals surface area contributed by atoms with Crippen molar-refractivity contribution in [2.24, 2.45) is 16.7 Å². The Balaban J connectivity index is 2.14. The Bertz CT molecular complexity index is 673. The summed E-state index contributed by atoms with van der Waals surface area (Å²) in [5.74, 6) is 0.625. The van der Waals surface area contributed by atoms with Crippen molar-refractivity contribution in [3.05, 3.63) is 47.0 Å². The highest BCUT2D eigenvalue weighted by molar-refractivity contribution is 6.35. The van der Waals surface area contributed by atoms with Crippen molar-refractivity contribution >= 4 is 22.4 Å². The maximum Gasteiger partial charge on any atom is 0.0484 e. The summed E-state index contributed by atoms with van der Waals surface area (Å²) in [5, 5.41) is 6.81. The van der Waals surface area contributed by atoms with Crippen LogP contribution in [-0.4, -0.2) is 7.05 Å². The Morgan fingerprint density at radius 2 is 1.52 bits per heavy atom. The van der Waals surface area contributed by atoms with Crippen LogP contribution in [0.1, 0.15) is 39.3 Å². The molecule has 2 aromatic carbocycles. The van der Waals surface area contributed by atoms with Crippen LogP contribution >= 0.6 is 11.6 Å². The maximum absolute atomic E-state index is 6.36. The van der Waals surface area contributed by atoms with Gasteiger partial charge in [0, 0.05) is 16.5 Å². The number of hydrogen-bond acceptors (Lipinski definition) is 1. The molecule has 3 rings (SSSR count). The van der Waals surface area contributed by atoms with Crippen LogP contribution in [0.4, 0.5) is 0 Å². The Hall–Kier alpha value is -1.05. The van der Waals surface area contributed by atoms with E-state index in [1.54, 1.807) is 0 Å². The molecule has 1 saturated carbocycles. The van der Waals surface area contributed by atoms with Crippen LogP contribution in [0.2, 0.25) is 5.02 Å². The van der Waals surface area contributed by atoms with E-state index < -0.39 is 0 Å². The highest BCUT2D eigenvalue weighted by Gasteiger charge is 2.67. The minimum Gasteiger partial charge on any atom is -0.313 e. The molecule has 21 heavy (non-hydrogen) atoms. The molecule has 1 aliphatic rings. The lowest BCUT2D eigenvalue weighted by atomic mass is 9.92. The molecular weight excluding hydrogens is 278 g/mol. The molecule has 0 radical (unpaired) electrons. The molecule has 1 nitrogen and oxygen atoms in total. The summed E-state index contributed by atoms with van der Waals surface area (Å²) in [4.78, 5) is 0. The van der Waals surface area contributed by atoms with Crippen LogP contribution in [-0.2, 0) is 0 Å². The molecule has 0 spiro atoms. The van der Waals surface area contributed by atoms with E-state index >= 15 is 0 Å². The number of fused-ring (bicyclic) bond motifs is 1. The predicted octanol–water partition coefficient (Wildman–Crippen LogP) is 5.44. The molecule has 0 heterocycles. The molecule has 2 aromatic rings. The van der Waals surface area contributed by atoms with E-state index in [2.05, 4.69) is 70.4 Å². The molecule has 1 fully saturated rings. The summed E-state index contributed by atoms with van der Waals surface area (Å²) in [6, 6.07) is 13.0. The summed E-state index contributed by atoms with van der Waals surface area (Å²) < 4.78 is 0. The normalized spacial score (nSPS) is 21.4. The van der Waals surface area contributed by atoms with E-state index in [1.807, 2.05) is 6.07 Å². The summed E-state index contributed by atoms with van der Waals surface area (Å²) >= 11 is 6.36. The fourth-order valence-electron chi connectivity index (χ4n) is 4.14. The van der Waals surface area contributed by atoms with Gasteiger partial charge in [-0.3, -0.25) is 0 Å². The Labute approximate surface area is 132 Å². The van der Waals surface area contributed by atoms with Gasteiger partial charge in [-0.1, -0.05) is 69.6 Å². The zero-order chi connectivity index (χ0) is 15.4. The van der Waals surface area contributed by atoms with Gasteiger partial charge in [0.1, 0.15) is 0 Å². The second-order valence-corrected chi connectivity index (χ2v) is 7.78. The van der Waals surface area contributed by atoms with Crippen molar-refractivity contribution in [1.82, 2.24) is 5.32 Å². The molecule has 0 bridgehead atoms. The van der Waals surface area contributed by atoms with E-state index in [0.29, 0.717) is 22.8 Å². The van der Waals surface area contributed by atoms with E-state index in [9.17, 15) is 0 Å². The number of halogens is 1. The van der Waals surface area contributed by atoms with E-state index in [-0.39, 0.29) is 0 Å². The van der Waals surface area contributed by atoms with Crippen LogP contribution in [0, 0.1) is 16.7 Å². The lowest BCUT2D eigenvalue weighted by Crippen LogP contribution is -2.21. The molecule has 2 heteroatoms. The second kappa shape index (κ2) is 4.72. The van der Waals surface area contributed by atoms with Gasteiger partial charge in [-0.15, -0.1) is 0 Å². The van der Waals surface area contributed by atoms with Crippen molar-refractivity contribution in [2.75, 3.05) is 7.05 Å². The van der Waals surface area contributed by atoms with Crippen molar-refractivity contribution in [3.63, 3.8) is 0 Å². The summed E-state index contributed by atoms with van der Waals surface area (Å²) in [6.45, 7) is 9.50. The van der Waals surface area contributed by atoms with Gasteiger partial charge in [0.2, 0.25) is 0 Å². The minimum atomic E-state index is 0.349. The van der Waals surface area contributed by atoms with Crippen LogP contribution < -0.4 is 5.32 Å². The molecule has 112 valence electrons. The Kier molecular flexibility index (Phi) is 3.35. The minimum absolute atomic E-state index is 0.349. The zero-order valence-corrected chi connectivity index (χ0v) is 14.3. The summed E-state index contributed by atoms with van der Waals surface area (Å²) in [5.41, 5.74) is 2.06. The third-order valence-electron chi connectivity index (χ3n) is 6.02. The van der Waals surface area contributed by atoms with Crippen molar-refractivity contribution in [2.45, 2.75) is 33.7 Å². The van der Waals surface area contributed by atoms with Crippen LogP contribution in [0.15, 0.2) is 36.4 Å². The molecule has 0 amide bonds. The highest BCUT2D eigenvalue weighted by atomic mass is 35.5. The predicted molar refractivity (Wildman–Crippen MR) is 91.8 cm³/mol. The Morgan fingerprint density at radius 1 is 0.952 bits per heavy atom. The summed E-state index contributed by atoms with van der Waals surface area (Å²) in [7, 11) is 2.07. The van der Waals surface area contributed by atoms with Crippen molar-refractivity contribution in [3.8, 4) is 0 Å². The highest BCUT2D eigenvalue weighted by Crippen LogP contribution is 2.72. The second-order valence-electron chi connectivity index (χ2n) is 7.37. The molecule has 0 aromatic heterocycles. The first kappa shape index (κ1) is 14.9. The topological polar surface area (TPSA) is 12.0 Å². The van der Waals surface area contributed by atoms with Gasteiger partial charge >= 0.3 is 0 Å². The van der Waals surface area contributed by atoms with Gasteiger partial charge < -0.3 is 5.32 Å². The van der Waals surface area contributed by atoms with Crippen molar-refractivity contribution in [1.29, 1.82) is 0 Å². The molecule has 0 aliphatic heterocycles. The lowest BCUT2D eigenvalue weighted by molar-refractivity contribution is 0.440. The third-order valence-corrected chi connectivity index (χ3v) is 6.35. The van der Waals surface area contributed by atoms with Gasteiger partial charge in [-0.05, 0) is 40.8 Å². The molecule has 1 atom stereocenters. The smallest absolute Gasteiger partial charge is 0.0484 e. The number of rotatable bonds is 3. The van der Waals surface area contributed by atoms with Gasteiger partial charge in [-0.2, -0.15) is 0 Å². The average Bonchev–Trinajstić information content (AvgIpc) is 2.85. The number of benzene rings is 2. The number of nitrogens with one attached hydrogen (secondary N) is 1. The van der Waals surface area contributed by atoms with Crippen molar-refractivity contribution < 1.29 is 0 Å². The van der Waals surface area contributed by atoms with Gasteiger partial charge in [-0.25, -0.2) is 0 Å². The molecule has 1 N–H and O–H groups in total. The standard InChI is InChI=1S/C19H24ClN/c1-18(2)17(19(18,3)4)16(21-5)14-10-11-15(20)13-9-7-6-8-12(13)14/h6-11,16-17,21H,1-5H3. The SMILES string of the molecule is CNC(c1ccc(Cl)c2ccccc12)C1C(C)(C)C1(C)C. The van der Waals surface area contributed by atoms with E-state index in [0.717, 1.165) is 10.4 Å². The van der Waals surface area contributed by atoms with Crippen LogP contribution in [0.5, 0.6) is 0 Å². The van der Waals surface area contributed by atoms with Crippen LogP contribution in [0.25, 0.3) is 10.8 Å². The first-order valence-corrected chi connectivity index (χ1v) is 8.04. The Morgan fingerprint density at radius 3 is 2.05 bits per heavy atom. The molecule has 1 aliphatic carbocycles. The largest absolute Gasteiger partial charge is 0.313 e. The van der Waals surface area contributed by atoms with Gasteiger partial charge in [0.15, 0.2) is 0 Å². The first-order valence-electron chi connectivity index (χ1n) is 7.67. The fourth-order valence-corrected chi connectivity index (χ4v) is 4.37. The quantitative estimate of drug-likeness (QED) is 0.796. The van der Waals surface area contributed by atoms with Gasteiger partial charge in [0.25, 0.3) is 0 Å². The van der Waals surface area contributed by atoms with Gasteiger partial charge in [0.05, 0.1) is 0 Å². The molecule has 1 unspecified atom stereocenters. The molecular formula is C19H24ClN. The monoisotopic (exact) mass is 301 g/mol. The maximum atomic E-state index is 6.36. The lowest BCUT2D eigenvalue weighted by Gasteiger charge is -2.21. The summed E-state index contributed by atoms with van der Waals surface area (Å²) in [6.07, 6.45) is 0. The average molecular weight is 302 g/mol. The zero-order valence-electron chi connectivity index (χ0n) is 13.5. The third kappa shape index (κ3) is 2.02. The van der Waals surface area contributed by atoms with E-state index in [4.69, 9.17) is 11.6 Å². The number of hydrogen-bond donors (Lipinski definition) is 1. The van der Waals surface area contributed by atoms with Crippen LogP contribution in [0.3, 0.4) is 0 Å². The first-order chi connectivity index (χ1) is 9.82. The fraction of sp³-hybridized carbons (Fsp3) is 0.474. The molecule has 0 saturated heterocycles. The van der Waals surface area contributed by atoms with E-state index in [1.165, 1.54) is 10.9 Å².